The van der Waals surface area contributed by atoms with Crippen molar-refractivity contribution in [1.82, 2.24) is 19.8 Å². The molecular formula is C14H28N4. The Bertz CT molecular complexity index is 320. The van der Waals surface area contributed by atoms with Crippen molar-refractivity contribution in [2.24, 2.45) is 5.92 Å². The normalized spacial score (nSPS) is 13.5. The van der Waals surface area contributed by atoms with Crippen LogP contribution in [0, 0.1) is 12.8 Å². The van der Waals surface area contributed by atoms with Gasteiger partial charge in [-0.2, -0.15) is 0 Å². The lowest BCUT2D eigenvalue weighted by atomic mass is 10.0. The van der Waals surface area contributed by atoms with Crippen LogP contribution in [0.2, 0.25) is 0 Å². The molecule has 1 N–H and O–H groups in total. The van der Waals surface area contributed by atoms with Crippen LogP contribution in [-0.2, 0) is 6.54 Å². The molecule has 1 aromatic heterocycles. The summed E-state index contributed by atoms with van der Waals surface area (Å²) in [6, 6.07) is 0.573. The minimum atomic E-state index is 0.573. The van der Waals surface area contributed by atoms with Gasteiger partial charge >= 0.3 is 0 Å². The van der Waals surface area contributed by atoms with Gasteiger partial charge in [0, 0.05) is 38.1 Å². The van der Waals surface area contributed by atoms with Gasteiger partial charge in [0.1, 0.15) is 5.82 Å². The highest BCUT2D eigenvalue weighted by Crippen LogP contribution is 2.05. The van der Waals surface area contributed by atoms with Gasteiger partial charge in [0.05, 0.1) is 0 Å². The second-order valence-electron chi connectivity index (χ2n) is 5.71. The molecule has 1 heterocycles. The van der Waals surface area contributed by atoms with Crippen LogP contribution in [0.4, 0.5) is 0 Å². The number of aromatic nitrogens is 2. The van der Waals surface area contributed by atoms with E-state index in [0.717, 1.165) is 31.4 Å². The Labute approximate surface area is 111 Å². The van der Waals surface area contributed by atoms with E-state index in [4.69, 9.17) is 0 Å². The molecule has 0 saturated carbocycles. The van der Waals surface area contributed by atoms with Crippen molar-refractivity contribution in [2.75, 3.05) is 27.2 Å². The Hall–Kier alpha value is -0.870. The first-order valence-electron chi connectivity index (χ1n) is 6.85. The van der Waals surface area contributed by atoms with E-state index in [1.165, 1.54) is 6.42 Å². The fourth-order valence-electron chi connectivity index (χ4n) is 2.26. The number of hydrogen-bond acceptors (Lipinski definition) is 3. The Morgan fingerprint density at radius 2 is 2.11 bits per heavy atom. The van der Waals surface area contributed by atoms with Gasteiger partial charge < -0.3 is 14.8 Å². The molecule has 104 valence electrons. The van der Waals surface area contributed by atoms with Crippen molar-refractivity contribution < 1.29 is 0 Å². The molecule has 0 aromatic carbocycles. The quantitative estimate of drug-likeness (QED) is 0.765. The van der Waals surface area contributed by atoms with Crippen LogP contribution >= 0.6 is 0 Å². The van der Waals surface area contributed by atoms with Gasteiger partial charge in [-0.25, -0.2) is 4.98 Å². The van der Waals surface area contributed by atoms with Crippen LogP contribution in [0.3, 0.4) is 0 Å². The molecule has 0 bridgehead atoms. The first kappa shape index (κ1) is 15.2. The largest absolute Gasteiger partial charge is 0.334 e. The number of nitrogens with zero attached hydrogens (tertiary/aromatic N) is 3. The van der Waals surface area contributed by atoms with Crippen molar-refractivity contribution in [3.63, 3.8) is 0 Å². The zero-order valence-electron chi connectivity index (χ0n) is 12.5. The summed E-state index contributed by atoms with van der Waals surface area (Å²) in [5.74, 6) is 1.82. The smallest absolute Gasteiger partial charge is 0.105 e. The number of aryl methyl sites for hydroxylation is 1. The van der Waals surface area contributed by atoms with Gasteiger partial charge in [0.2, 0.25) is 0 Å². The molecule has 4 heteroatoms. The Balaban J connectivity index is 2.34. The van der Waals surface area contributed by atoms with E-state index < -0.39 is 0 Å². The van der Waals surface area contributed by atoms with E-state index in [-0.39, 0.29) is 0 Å². The molecule has 1 unspecified atom stereocenters. The average Bonchev–Trinajstić information content (AvgIpc) is 2.62. The fraction of sp³-hybridized carbons (Fsp3) is 0.786. The molecule has 18 heavy (non-hydrogen) atoms. The van der Waals surface area contributed by atoms with Gasteiger partial charge in [0.25, 0.3) is 0 Å². The molecule has 0 saturated heterocycles. The Kier molecular flexibility index (Phi) is 6.36. The van der Waals surface area contributed by atoms with Gasteiger partial charge in [-0.3, -0.25) is 0 Å². The molecule has 0 aliphatic rings. The molecule has 1 aromatic rings. The predicted molar refractivity (Wildman–Crippen MR) is 76.8 cm³/mol. The first-order chi connectivity index (χ1) is 8.49. The first-order valence-corrected chi connectivity index (χ1v) is 6.85. The molecule has 0 amide bonds. The third-order valence-corrected chi connectivity index (χ3v) is 3.05. The summed E-state index contributed by atoms with van der Waals surface area (Å²) in [6.45, 7) is 9.71. The maximum atomic E-state index is 4.24. The van der Waals surface area contributed by atoms with E-state index in [0.29, 0.717) is 6.04 Å². The summed E-state index contributed by atoms with van der Waals surface area (Å²) in [6.07, 6.45) is 5.13. The lowest BCUT2D eigenvalue weighted by Crippen LogP contribution is -2.40. The number of imidazole rings is 1. The van der Waals surface area contributed by atoms with Crippen LogP contribution in [0.5, 0.6) is 0 Å². The lowest BCUT2D eigenvalue weighted by molar-refractivity contribution is 0.303. The molecule has 0 aliphatic carbocycles. The fourth-order valence-corrected chi connectivity index (χ4v) is 2.26. The SMILES string of the molecule is Cc1nccn1CCNC(CC(C)C)CN(C)C. The minimum absolute atomic E-state index is 0.573. The number of likely N-dealkylation sites (N-methyl/N-ethyl adjacent to an activating group) is 1. The highest BCUT2D eigenvalue weighted by Gasteiger charge is 2.11. The summed E-state index contributed by atoms with van der Waals surface area (Å²) in [5.41, 5.74) is 0. The molecule has 4 nitrogen and oxygen atoms in total. The second kappa shape index (κ2) is 7.54. The summed E-state index contributed by atoms with van der Waals surface area (Å²) in [7, 11) is 4.27. The van der Waals surface area contributed by atoms with Crippen LogP contribution in [0.15, 0.2) is 12.4 Å². The van der Waals surface area contributed by atoms with Crippen LogP contribution in [-0.4, -0.2) is 47.7 Å². The highest BCUT2D eigenvalue weighted by molar-refractivity contribution is 4.88. The van der Waals surface area contributed by atoms with E-state index in [9.17, 15) is 0 Å². The van der Waals surface area contributed by atoms with E-state index in [2.05, 4.69) is 47.7 Å². The topological polar surface area (TPSA) is 33.1 Å². The van der Waals surface area contributed by atoms with Gasteiger partial charge in [-0.05, 0) is 33.4 Å². The zero-order valence-corrected chi connectivity index (χ0v) is 12.5. The highest BCUT2D eigenvalue weighted by atomic mass is 15.1. The number of rotatable bonds is 8. The van der Waals surface area contributed by atoms with E-state index in [1.54, 1.807) is 0 Å². The van der Waals surface area contributed by atoms with Crippen molar-refractivity contribution in [1.29, 1.82) is 0 Å². The van der Waals surface area contributed by atoms with Crippen LogP contribution < -0.4 is 5.32 Å². The summed E-state index contributed by atoms with van der Waals surface area (Å²) in [4.78, 5) is 6.49. The average molecular weight is 252 g/mol. The van der Waals surface area contributed by atoms with Crippen LogP contribution in [0.25, 0.3) is 0 Å². The van der Waals surface area contributed by atoms with Crippen molar-refractivity contribution >= 4 is 0 Å². The molecule has 0 fully saturated rings. The molecule has 1 atom stereocenters. The lowest BCUT2D eigenvalue weighted by Gasteiger charge is -2.24. The second-order valence-corrected chi connectivity index (χ2v) is 5.71. The molecular weight excluding hydrogens is 224 g/mol. The molecule has 0 aliphatic heterocycles. The Morgan fingerprint density at radius 1 is 1.39 bits per heavy atom. The molecule has 0 spiro atoms. The van der Waals surface area contributed by atoms with E-state index >= 15 is 0 Å². The standard InChI is InChI=1S/C14H28N4/c1-12(2)10-14(11-17(4)5)16-7-9-18-8-6-15-13(18)3/h6,8,12,14,16H,7,9-11H2,1-5H3. The van der Waals surface area contributed by atoms with Gasteiger partial charge in [-0.1, -0.05) is 13.8 Å². The summed E-state index contributed by atoms with van der Waals surface area (Å²) in [5, 5.41) is 3.66. The number of hydrogen-bond donors (Lipinski definition) is 1. The monoisotopic (exact) mass is 252 g/mol. The third-order valence-electron chi connectivity index (χ3n) is 3.05. The van der Waals surface area contributed by atoms with Crippen molar-refractivity contribution in [3.05, 3.63) is 18.2 Å². The summed E-state index contributed by atoms with van der Waals surface area (Å²) < 4.78 is 2.19. The van der Waals surface area contributed by atoms with Gasteiger partial charge in [0.15, 0.2) is 0 Å². The maximum absolute atomic E-state index is 4.24. The Morgan fingerprint density at radius 3 is 2.61 bits per heavy atom. The maximum Gasteiger partial charge on any atom is 0.105 e. The van der Waals surface area contributed by atoms with Crippen molar-refractivity contribution in [3.8, 4) is 0 Å². The summed E-state index contributed by atoms with van der Waals surface area (Å²) >= 11 is 0. The number of nitrogens with one attached hydrogen (secondary N) is 1. The van der Waals surface area contributed by atoms with Crippen molar-refractivity contribution in [2.45, 2.75) is 39.8 Å². The minimum Gasteiger partial charge on any atom is -0.334 e. The molecule has 0 radical (unpaired) electrons. The van der Waals surface area contributed by atoms with E-state index in [1.807, 2.05) is 19.3 Å². The predicted octanol–water partition coefficient (Wildman–Crippen LogP) is 1.76. The zero-order chi connectivity index (χ0) is 13.5. The third kappa shape index (κ3) is 5.65. The van der Waals surface area contributed by atoms with Gasteiger partial charge in [-0.15, -0.1) is 0 Å². The molecule has 1 rings (SSSR count). The van der Waals surface area contributed by atoms with Crippen LogP contribution in [0.1, 0.15) is 26.1 Å².